The fourth-order valence-electron chi connectivity index (χ4n) is 3.24. The lowest BCUT2D eigenvalue weighted by atomic mass is 9.88. The van der Waals surface area contributed by atoms with Crippen molar-refractivity contribution in [3.05, 3.63) is 33.8 Å². The second kappa shape index (κ2) is 7.32. The van der Waals surface area contributed by atoms with Crippen LogP contribution in [0.1, 0.15) is 45.6 Å². The van der Waals surface area contributed by atoms with Gasteiger partial charge in [0.25, 0.3) is 0 Å². The van der Waals surface area contributed by atoms with Crippen molar-refractivity contribution in [1.29, 1.82) is 0 Å². The fourth-order valence-corrected chi connectivity index (χ4v) is 3.62. The first-order chi connectivity index (χ1) is 10.0. The van der Waals surface area contributed by atoms with E-state index in [0.717, 1.165) is 44.5 Å². The molecule has 0 amide bonds. The van der Waals surface area contributed by atoms with Gasteiger partial charge in [-0.1, -0.05) is 56.1 Å². The highest BCUT2D eigenvalue weighted by atomic mass is 35.5. The molecular formula is C17H26Cl2N2. The Morgan fingerprint density at radius 3 is 2.57 bits per heavy atom. The Hall–Kier alpha value is -0.280. The molecule has 1 aromatic rings. The van der Waals surface area contributed by atoms with Crippen molar-refractivity contribution in [3.63, 3.8) is 0 Å². The van der Waals surface area contributed by atoms with Crippen molar-refractivity contribution in [1.82, 2.24) is 10.2 Å². The molecule has 1 aliphatic heterocycles. The molecule has 2 rings (SSSR count). The lowest BCUT2D eigenvalue weighted by Gasteiger charge is -2.47. The molecule has 0 aliphatic carbocycles. The molecule has 1 atom stereocenters. The van der Waals surface area contributed by atoms with Gasteiger partial charge in [-0.2, -0.15) is 0 Å². The van der Waals surface area contributed by atoms with Gasteiger partial charge in [0, 0.05) is 31.2 Å². The SMILES string of the molecule is CCC1CNC(CC)(CC)CN1Cc1cccc(Cl)c1Cl. The van der Waals surface area contributed by atoms with Gasteiger partial charge in [0.05, 0.1) is 10.0 Å². The van der Waals surface area contributed by atoms with Gasteiger partial charge in [0.1, 0.15) is 0 Å². The maximum Gasteiger partial charge on any atom is 0.0637 e. The first-order valence-corrected chi connectivity index (χ1v) is 8.72. The Kier molecular flexibility index (Phi) is 5.96. The molecule has 21 heavy (non-hydrogen) atoms. The summed E-state index contributed by atoms with van der Waals surface area (Å²) in [6.07, 6.45) is 3.45. The molecule has 0 radical (unpaired) electrons. The van der Waals surface area contributed by atoms with Crippen LogP contribution in [0.5, 0.6) is 0 Å². The van der Waals surface area contributed by atoms with Crippen molar-refractivity contribution in [3.8, 4) is 0 Å². The summed E-state index contributed by atoms with van der Waals surface area (Å²) < 4.78 is 0. The molecular weight excluding hydrogens is 303 g/mol. The van der Waals surface area contributed by atoms with Crippen LogP contribution in [-0.4, -0.2) is 29.6 Å². The van der Waals surface area contributed by atoms with E-state index in [1.165, 1.54) is 0 Å². The van der Waals surface area contributed by atoms with E-state index >= 15 is 0 Å². The maximum absolute atomic E-state index is 6.37. The number of hydrogen-bond acceptors (Lipinski definition) is 2. The van der Waals surface area contributed by atoms with Gasteiger partial charge in [-0.05, 0) is 30.9 Å². The minimum Gasteiger partial charge on any atom is -0.308 e. The molecule has 1 aromatic carbocycles. The van der Waals surface area contributed by atoms with E-state index in [-0.39, 0.29) is 5.54 Å². The molecule has 1 saturated heterocycles. The highest BCUT2D eigenvalue weighted by Crippen LogP contribution is 2.30. The second-order valence-electron chi connectivity index (χ2n) is 6.05. The van der Waals surface area contributed by atoms with Gasteiger partial charge < -0.3 is 5.32 Å². The predicted molar refractivity (Wildman–Crippen MR) is 92.3 cm³/mol. The second-order valence-corrected chi connectivity index (χ2v) is 6.83. The predicted octanol–water partition coefficient (Wildman–Crippen LogP) is 4.74. The first-order valence-electron chi connectivity index (χ1n) is 7.97. The minimum atomic E-state index is 0.233. The lowest BCUT2D eigenvalue weighted by Crippen LogP contribution is -2.63. The van der Waals surface area contributed by atoms with Crippen LogP contribution in [0.15, 0.2) is 18.2 Å². The van der Waals surface area contributed by atoms with Crippen LogP contribution < -0.4 is 5.32 Å². The summed E-state index contributed by atoms with van der Waals surface area (Å²) in [5.74, 6) is 0. The van der Waals surface area contributed by atoms with Gasteiger partial charge in [-0.15, -0.1) is 0 Å². The van der Waals surface area contributed by atoms with Crippen molar-refractivity contribution in [2.75, 3.05) is 13.1 Å². The number of halogens is 2. The smallest absolute Gasteiger partial charge is 0.0637 e. The molecule has 0 aromatic heterocycles. The van der Waals surface area contributed by atoms with Gasteiger partial charge in [-0.3, -0.25) is 4.90 Å². The van der Waals surface area contributed by atoms with Gasteiger partial charge >= 0.3 is 0 Å². The van der Waals surface area contributed by atoms with Gasteiger partial charge in [0.15, 0.2) is 0 Å². The first kappa shape index (κ1) is 17.1. The van der Waals surface area contributed by atoms with Crippen LogP contribution in [0.25, 0.3) is 0 Å². The monoisotopic (exact) mass is 328 g/mol. The summed E-state index contributed by atoms with van der Waals surface area (Å²) in [7, 11) is 0. The highest BCUT2D eigenvalue weighted by Gasteiger charge is 2.36. The molecule has 1 aliphatic rings. The van der Waals surface area contributed by atoms with E-state index in [1.54, 1.807) is 0 Å². The van der Waals surface area contributed by atoms with E-state index in [4.69, 9.17) is 23.2 Å². The molecule has 1 heterocycles. The number of nitrogens with zero attached hydrogens (tertiary/aromatic N) is 1. The molecule has 118 valence electrons. The van der Waals surface area contributed by atoms with Crippen molar-refractivity contribution < 1.29 is 0 Å². The summed E-state index contributed by atoms with van der Waals surface area (Å²) in [5.41, 5.74) is 1.36. The summed E-state index contributed by atoms with van der Waals surface area (Å²) in [6.45, 7) is 9.80. The molecule has 2 nitrogen and oxygen atoms in total. The Morgan fingerprint density at radius 2 is 1.95 bits per heavy atom. The molecule has 0 saturated carbocycles. The van der Waals surface area contributed by atoms with Crippen LogP contribution in [-0.2, 0) is 6.54 Å². The lowest BCUT2D eigenvalue weighted by molar-refractivity contribution is 0.0643. The number of piperazine rings is 1. The van der Waals surface area contributed by atoms with Crippen LogP contribution >= 0.6 is 23.2 Å². The topological polar surface area (TPSA) is 15.3 Å². The van der Waals surface area contributed by atoms with Crippen LogP contribution in [0, 0.1) is 0 Å². The molecule has 0 spiro atoms. The number of rotatable bonds is 5. The van der Waals surface area contributed by atoms with Gasteiger partial charge in [0.2, 0.25) is 0 Å². The minimum absolute atomic E-state index is 0.233. The number of hydrogen-bond donors (Lipinski definition) is 1. The molecule has 1 fully saturated rings. The average molecular weight is 329 g/mol. The maximum atomic E-state index is 6.37. The van der Waals surface area contributed by atoms with E-state index < -0.39 is 0 Å². The Morgan fingerprint density at radius 1 is 1.24 bits per heavy atom. The molecule has 4 heteroatoms. The van der Waals surface area contributed by atoms with E-state index in [9.17, 15) is 0 Å². The highest BCUT2D eigenvalue weighted by molar-refractivity contribution is 6.42. The third-order valence-electron chi connectivity index (χ3n) is 4.96. The Labute approximate surface area is 138 Å². The van der Waals surface area contributed by atoms with Crippen LogP contribution in [0.3, 0.4) is 0 Å². The van der Waals surface area contributed by atoms with Crippen molar-refractivity contribution >= 4 is 23.2 Å². The third-order valence-corrected chi connectivity index (χ3v) is 5.82. The zero-order chi connectivity index (χ0) is 15.5. The fraction of sp³-hybridized carbons (Fsp3) is 0.647. The average Bonchev–Trinajstić information content (AvgIpc) is 2.51. The van der Waals surface area contributed by atoms with E-state index in [2.05, 4.69) is 37.1 Å². The van der Waals surface area contributed by atoms with E-state index in [1.807, 2.05) is 12.1 Å². The molecule has 1 unspecified atom stereocenters. The largest absolute Gasteiger partial charge is 0.308 e. The van der Waals surface area contributed by atoms with E-state index in [0.29, 0.717) is 16.1 Å². The summed E-state index contributed by atoms with van der Waals surface area (Å²) in [6, 6.07) is 6.48. The third kappa shape index (κ3) is 3.73. The Balaban J connectivity index is 2.20. The van der Waals surface area contributed by atoms with Gasteiger partial charge in [-0.25, -0.2) is 0 Å². The number of nitrogens with one attached hydrogen (secondary N) is 1. The van der Waals surface area contributed by atoms with Crippen molar-refractivity contribution in [2.24, 2.45) is 0 Å². The summed E-state index contributed by atoms with van der Waals surface area (Å²) in [5, 5.41) is 5.12. The Bertz CT molecular complexity index is 472. The number of benzene rings is 1. The van der Waals surface area contributed by atoms with Crippen LogP contribution in [0.2, 0.25) is 10.0 Å². The van der Waals surface area contributed by atoms with Crippen molar-refractivity contribution in [2.45, 2.75) is 58.2 Å². The summed E-state index contributed by atoms with van der Waals surface area (Å²) >= 11 is 12.5. The molecule has 1 N–H and O–H groups in total. The summed E-state index contributed by atoms with van der Waals surface area (Å²) in [4.78, 5) is 2.57. The normalized spacial score (nSPS) is 22.4. The van der Waals surface area contributed by atoms with Crippen LogP contribution in [0.4, 0.5) is 0 Å². The standard InChI is InChI=1S/C17H26Cl2N2/c1-4-14-10-20-17(5-2,6-3)12-21(14)11-13-8-7-9-15(18)16(13)19/h7-9,14,20H,4-6,10-12H2,1-3H3. The molecule has 0 bridgehead atoms. The zero-order valence-electron chi connectivity index (χ0n) is 13.3. The zero-order valence-corrected chi connectivity index (χ0v) is 14.8. The quantitative estimate of drug-likeness (QED) is 0.840.